The number of amides is 1. The maximum absolute atomic E-state index is 13.1. The van der Waals surface area contributed by atoms with Gasteiger partial charge < -0.3 is 26.4 Å². The molecule has 2 aliphatic rings. The Morgan fingerprint density at radius 1 is 1.17 bits per heavy atom. The zero-order valence-corrected chi connectivity index (χ0v) is 20.0. The number of ether oxygens (including phenoxy) is 1. The molecular weight excluding hydrogens is 442 g/mol. The summed E-state index contributed by atoms with van der Waals surface area (Å²) in [6, 6.07) is 13.0. The molecule has 0 aliphatic carbocycles. The number of hydrogen-bond acceptors (Lipinski definition) is 8. The molecule has 186 valence electrons. The Balaban J connectivity index is 0.00000241. The highest BCUT2D eigenvalue weighted by molar-refractivity contribution is 6.15. The number of anilines is 3. The van der Waals surface area contributed by atoms with E-state index in [1.165, 1.54) is 11.2 Å². The van der Waals surface area contributed by atoms with Crippen LogP contribution in [-0.2, 0) is 9.53 Å². The lowest BCUT2D eigenvalue weighted by Crippen LogP contribution is -2.36. The second-order valence-corrected chi connectivity index (χ2v) is 8.53. The second-order valence-electron chi connectivity index (χ2n) is 8.53. The van der Waals surface area contributed by atoms with Crippen LogP contribution in [0.25, 0.3) is 0 Å². The number of hydrazine groups is 1. The molecule has 2 aromatic rings. The summed E-state index contributed by atoms with van der Waals surface area (Å²) in [6.07, 6.45) is 3.15. The molecule has 1 fully saturated rings. The molecule has 0 saturated carbocycles. The molecule has 0 aromatic heterocycles. The first-order valence-corrected chi connectivity index (χ1v) is 11.4. The number of rotatable bonds is 5. The number of nitrogens with zero attached hydrogens (tertiary/aromatic N) is 2. The number of nitrogens with one attached hydrogen (secondary N) is 2. The van der Waals surface area contributed by atoms with Crippen LogP contribution in [-0.4, -0.2) is 42.9 Å². The Hall–Kier alpha value is -4.08. The normalized spacial score (nSPS) is 17.5. The van der Waals surface area contributed by atoms with Crippen LogP contribution >= 0.6 is 0 Å². The number of carbonyl (C=O) groups is 1. The summed E-state index contributed by atoms with van der Waals surface area (Å²) in [7, 11) is 0. The first kappa shape index (κ1) is 24.1. The van der Waals surface area contributed by atoms with E-state index in [2.05, 4.69) is 10.2 Å². The molecule has 9 nitrogen and oxygen atoms in total. The van der Waals surface area contributed by atoms with Crippen LogP contribution in [0.5, 0.6) is 0 Å². The van der Waals surface area contributed by atoms with E-state index in [1.54, 1.807) is 31.2 Å². The quantitative estimate of drug-likeness (QED) is 0.252. The smallest absolute Gasteiger partial charge is 0.257 e. The van der Waals surface area contributed by atoms with Crippen LogP contribution in [0, 0.1) is 5.41 Å². The van der Waals surface area contributed by atoms with Gasteiger partial charge in [-0.15, -0.1) is 0 Å². The predicted molar refractivity (Wildman–Crippen MR) is 144 cm³/mol. The highest BCUT2D eigenvalue weighted by atomic mass is 16.5. The molecule has 1 amide bonds. The van der Waals surface area contributed by atoms with E-state index in [1.807, 2.05) is 31.2 Å². The van der Waals surface area contributed by atoms with Gasteiger partial charge in [0.15, 0.2) is 0 Å². The number of carbonyl (C=O) groups excluding carboxylic acids is 1. The minimum absolute atomic E-state index is 0. The number of allylic oxidation sites excluding steroid dienone is 2. The molecule has 0 radical (unpaired) electrons. The van der Waals surface area contributed by atoms with Crippen LogP contribution < -0.4 is 27.5 Å². The van der Waals surface area contributed by atoms with E-state index in [4.69, 9.17) is 27.5 Å². The summed E-state index contributed by atoms with van der Waals surface area (Å²) in [5, 5.41) is 13.1. The Labute approximate surface area is 208 Å². The molecule has 2 heterocycles. The molecule has 2 aromatic carbocycles. The third-order valence-electron chi connectivity index (χ3n) is 6.25. The zero-order valence-electron chi connectivity index (χ0n) is 20.0. The monoisotopic (exact) mass is 477 g/mol. The topological polar surface area (TPSA) is 147 Å². The van der Waals surface area contributed by atoms with Crippen LogP contribution in [0.4, 0.5) is 17.1 Å². The molecule has 0 bridgehead atoms. The van der Waals surface area contributed by atoms with Crippen molar-refractivity contribution in [3.8, 4) is 0 Å². The Morgan fingerprint density at radius 2 is 1.91 bits per heavy atom. The number of benzene rings is 2. The number of hydrogen-bond donors (Lipinski definition) is 5. The van der Waals surface area contributed by atoms with Crippen molar-refractivity contribution in [2.75, 3.05) is 42.3 Å². The number of nitrogen functional groups attached to an aromatic ring is 1. The van der Waals surface area contributed by atoms with Crippen LogP contribution in [0.1, 0.15) is 27.8 Å². The lowest BCUT2D eigenvalue weighted by molar-refractivity contribution is -0.112. The third-order valence-corrected chi connectivity index (χ3v) is 6.25. The summed E-state index contributed by atoms with van der Waals surface area (Å²) in [5.74, 6) is 5.77. The van der Waals surface area contributed by atoms with Gasteiger partial charge in [0, 0.05) is 56.0 Å². The first-order chi connectivity index (χ1) is 16.8. The van der Waals surface area contributed by atoms with Crippen molar-refractivity contribution in [3.63, 3.8) is 0 Å². The largest absolute Gasteiger partial charge is 0.403 e. The van der Waals surface area contributed by atoms with E-state index < -0.39 is 0 Å². The average molecular weight is 478 g/mol. The SMILES string of the molecule is CC1=C/C(=C/N)N(N)C(C)=C1C(=O)Nc1ccc(N)c(C(=N)c2cccc(N3CCOCC3)c2)c1.[HH].[HH]. The molecule has 8 N–H and O–H groups in total. The zero-order chi connectivity index (χ0) is 25.1. The van der Waals surface area contributed by atoms with E-state index in [0.29, 0.717) is 47.1 Å². The average Bonchev–Trinajstić information content (AvgIpc) is 2.87. The minimum Gasteiger partial charge on any atom is -0.403 e. The second kappa shape index (κ2) is 10.0. The van der Waals surface area contributed by atoms with Gasteiger partial charge >= 0.3 is 0 Å². The molecule has 0 spiro atoms. The van der Waals surface area contributed by atoms with Crippen molar-refractivity contribution in [3.05, 3.63) is 88.4 Å². The maximum Gasteiger partial charge on any atom is 0.257 e. The summed E-state index contributed by atoms with van der Waals surface area (Å²) in [4.78, 5) is 15.4. The fourth-order valence-electron chi connectivity index (χ4n) is 4.31. The fourth-order valence-corrected chi connectivity index (χ4v) is 4.31. The van der Waals surface area contributed by atoms with Gasteiger partial charge in [0.25, 0.3) is 5.91 Å². The number of morpholine rings is 1. The molecule has 0 atom stereocenters. The van der Waals surface area contributed by atoms with Gasteiger partial charge in [0.1, 0.15) is 0 Å². The van der Waals surface area contributed by atoms with Gasteiger partial charge in [-0.3, -0.25) is 15.2 Å². The Kier molecular flexibility index (Phi) is 6.90. The van der Waals surface area contributed by atoms with Crippen LogP contribution in [0.3, 0.4) is 0 Å². The molecule has 2 aliphatic heterocycles. The maximum atomic E-state index is 13.1. The fraction of sp³-hybridized carbons (Fsp3) is 0.231. The van der Waals surface area contributed by atoms with Crippen molar-refractivity contribution >= 4 is 28.7 Å². The summed E-state index contributed by atoms with van der Waals surface area (Å²) >= 11 is 0. The number of nitrogens with two attached hydrogens (primary N) is 3. The van der Waals surface area contributed by atoms with E-state index in [9.17, 15) is 4.79 Å². The Bertz CT molecular complexity index is 1270. The van der Waals surface area contributed by atoms with Gasteiger partial charge in [0.05, 0.1) is 30.2 Å². The van der Waals surface area contributed by atoms with Crippen molar-refractivity contribution in [1.29, 1.82) is 5.41 Å². The van der Waals surface area contributed by atoms with E-state index in [-0.39, 0.29) is 14.5 Å². The predicted octanol–water partition coefficient (Wildman–Crippen LogP) is 3.16. The van der Waals surface area contributed by atoms with Crippen molar-refractivity contribution in [2.45, 2.75) is 13.8 Å². The molecule has 9 heteroatoms. The standard InChI is InChI=1S/C26H31N7O2.2H2/c1-16-12-21(15-27)33(30)17(2)24(16)26(34)31-19-6-7-23(28)22(14-19)25(29)18-4-3-5-20(13-18)32-8-10-35-11-9-32;;/h3-7,12-15,29H,8-11,27-28,30H2,1-2H3,(H,31,34);2*1H/b21-15-,29-25?;;. The lowest BCUT2D eigenvalue weighted by Gasteiger charge is -2.29. The highest BCUT2D eigenvalue weighted by Crippen LogP contribution is 2.28. The first-order valence-electron chi connectivity index (χ1n) is 11.4. The molecule has 35 heavy (non-hydrogen) atoms. The van der Waals surface area contributed by atoms with E-state index >= 15 is 0 Å². The lowest BCUT2D eigenvalue weighted by atomic mass is 9.98. The van der Waals surface area contributed by atoms with Crippen molar-refractivity contribution in [2.24, 2.45) is 11.6 Å². The molecule has 1 saturated heterocycles. The van der Waals surface area contributed by atoms with Crippen LogP contribution in [0.2, 0.25) is 0 Å². The molecule has 0 unspecified atom stereocenters. The van der Waals surface area contributed by atoms with Crippen molar-refractivity contribution in [1.82, 2.24) is 5.01 Å². The molecular formula is C26H35N7O2. The summed E-state index contributed by atoms with van der Waals surface area (Å²) in [6.45, 7) is 6.60. The summed E-state index contributed by atoms with van der Waals surface area (Å²) in [5.41, 5.74) is 17.9. The van der Waals surface area contributed by atoms with Crippen molar-refractivity contribution < 1.29 is 12.4 Å². The van der Waals surface area contributed by atoms with Gasteiger partial charge in [-0.1, -0.05) is 12.1 Å². The third kappa shape index (κ3) is 4.91. The van der Waals surface area contributed by atoms with E-state index in [0.717, 1.165) is 29.9 Å². The minimum atomic E-state index is -0.306. The Morgan fingerprint density at radius 3 is 2.63 bits per heavy atom. The van der Waals surface area contributed by atoms with Gasteiger partial charge in [-0.25, -0.2) is 5.84 Å². The van der Waals surface area contributed by atoms with Gasteiger partial charge in [-0.05, 0) is 55.8 Å². The van der Waals surface area contributed by atoms with Crippen LogP contribution in [0.15, 0.2) is 77.3 Å². The van der Waals surface area contributed by atoms with Gasteiger partial charge in [-0.2, -0.15) is 0 Å². The van der Waals surface area contributed by atoms with Gasteiger partial charge in [0.2, 0.25) is 0 Å². The summed E-state index contributed by atoms with van der Waals surface area (Å²) < 4.78 is 5.44. The highest BCUT2D eigenvalue weighted by Gasteiger charge is 2.24. The molecule has 4 rings (SSSR count).